The van der Waals surface area contributed by atoms with Crippen molar-refractivity contribution in [2.24, 2.45) is 5.10 Å². The molecule has 0 unspecified atom stereocenters. The molecule has 1 aromatic rings. The van der Waals surface area contributed by atoms with Crippen molar-refractivity contribution < 1.29 is 4.79 Å². The van der Waals surface area contributed by atoms with Crippen molar-refractivity contribution in [1.29, 1.82) is 0 Å². The first-order chi connectivity index (χ1) is 7.22. The summed E-state index contributed by atoms with van der Waals surface area (Å²) < 4.78 is 1.71. The minimum absolute atomic E-state index is 0.0637. The first kappa shape index (κ1) is 9.89. The molecule has 1 aliphatic rings. The van der Waals surface area contributed by atoms with Crippen LogP contribution < -0.4 is 0 Å². The Morgan fingerprint density at radius 3 is 3.00 bits per heavy atom. The van der Waals surface area contributed by atoms with E-state index < -0.39 is 0 Å². The van der Waals surface area contributed by atoms with Crippen LogP contribution in [0.5, 0.6) is 0 Å². The summed E-state index contributed by atoms with van der Waals surface area (Å²) >= 11 is 0. The largest absolute Gasteiger partial charge is 0.292 e. The van der Waals surface area contributed by atoms with Gasteiger partial charge < -0.3 is 0 Å². The van der Waals surface area contributed by atoms with Crippen LogP contribution in [0.4, 0.5) is 0 Å². The van der Waals surface area contributed by atoms with Gasteiger partial charge in [0, 0.05) is 25.7 Å². The molecule has 0 radical (unpaired) electrons. The lowest BCUT2D eigenvalue weighted by atomic mass is 10.3. The Balaban J connectivity index is 2.27. The summed E-state index contributed by atoms with van der Waals surface area (Å²) in [6.07, 6.45) is 2.60. The predicted octanol–water partition coefficient (Wildman–Crippen LogP) is 1.04. The van der Waals surface area contributed by atoms with Gasteiger partial charge in [-0.15, -0.1) is 0 Å². The van der Waals surface area contributed by atoms with Crippen molar-refractivity contribution in [3.63, 3.8) is 0 Å². The number of aryl methyl sites for hydroxylation is 2. The second-order valence-corrected chi connectivity index (χ2v) is 3.50. The molecule has 0 atom stereocenters. The number of carbonyl (C=O) groups excluding carboxylic acids is 1. The van der Waals surface area contributed by atoms with Crippen LogP contribution in [0.3, 0.4) is 0 Å². The third-order valence-electron chi connectivity index (χ3n) is 2.35. The Labute approximate surface area is 88.4 Å². The standard InChI is InChI=1S/C10H14N4O/c1-3-13-9(7-8(2)12-13)10(15)14-6-4-5-11-14/h5,7H,3-4,6H2,1-2H3. The average Bonchev–Trinajstić information content (AvgIpc) is 2.84. The Kier molecular flexibility index (Phi) is 2.53. The highest BCUT2D eigenvalue weighted by atomic mass is 16.2. The molecule has 0 saturated heterocycles. The molecule has 2 rings (SSSR count). The molecule has 0 aromatic carbocycles. The fourth-order valence-corrected chi connectivity index (χ4v) is 1.64. The second-order valence-electron chi connectivity index (χ2n) is 3.50. The molecule has 0 N–H and O–H groups in total. The van der Waals surface area contributed by atoms with E-state index in [-0.39, 0.29) is 5.91 Å². The second kappa shape index (κ2) is 3.84. The van der Waals surface area contributed by atoms with Crippen LogP contribution in [0, 0.1) is 6.92 Å². The molecule has 0 bridgehead atoms. The van der Waals surface area contributed by atoms with Gasteiger partial charge in [-0.25, -0.2) is 5.01 Å². The number of nitrogens with zero attached hydrogens (tertiary/aromatic N) is 4. The van der Waals surface area contributed by atoms with Crippen LogP contribution in [0.2, 0.25) is 0 Å². The van der Waals surface area contributed by atoms with E-state index in [9.17, 15) is 4.79 Å². The fourth-order valence-electron chi connectivity index (χ4n) is 1.64. The molecular formula is C10H14N4O. The number of carbonyl (C=O) groups is 1. The molecule has 80 valence electrons. The molecule has 0 saturated carbocycles. The average molecular weight is 206 g/mol. The topological polar surface area (TPSA) is 50.5 Å². The van der Waals surface area contributed by atoms with Crippen molar-refractivity contribution in [1.82, 2.24) is 14.8 Å². The lowest BCUT2D eigenvalue weighted by molar-refractivity contribution is 0.0766. The van der Waals surface area contributed by atoms with E-state index >= 15 is 0 Å². The molecular weight excluding hydrogens is 192 g/mol. The van der Waals surface area contributed by atoms with Gasteiger partial charge in [0.2, 0.25) is 0 Å². The number of rotatable bonds is 2. The molecule has 0 aliphatic carbocycles. The van der Waals surface area contributed by atoms with Gasteiger partial charge in [0.05, 0.1) is 5.69 Å². The van der Waals surface area contributed by atoms with Crippen molar-refractivity contribution >= 4 is 12.1 Å². The molecule has 5 nitrogen and oxygen atoms in total. The zero-order valence-corrected chi connectivity index (χ0v) is 8.97. The van der Waals surface area contributed by atoms with Gasteiger partial charge in [-0.05, 0) is 19.9 Å². The summed E-state index contributed by atoms with van der Waals surface area (Å²) in [7, 11) is 0. The van der Waals surface area contributed by atoms with Crippen LogP contribution in [-0.4, -0.2) is 33.5 Å². The minimum atomic E-state index is -0.0637. The summed E-state index contributed by atoms with van der Waals surface area (Å²) in [5, 5.41) is 9.74. The lowest BCUT2D eigenvalue weighted by Gasteiger charge is -2.11. The Morgan fingerprint density at radius 1 is 1.60 bits per heavy atom. The fraction of sp³-hybridized carbons (Fsp3) is 0.500. The normalized spacial score (nSPS) is 14.9. The van der Waals surface area contributed by atoms with E-state index in [1.54, 1.807) is 17.0 Å². The van der Waals surface area contributed by atoms with Gasteiger partial charge in [0.15, 0.2) is 0 Å². The Hall–Kier alpha value is -1.65. The quantitative estimate of drug-likeness (QED) is 0.726. The van der Waals surface area contributed by atoms with E-state index in [1.165, 1.54) is 5.01 Å². The molecule has 15 heavy (non-hydrogen) atoms. The molecule has 0 fully saturated rings. The van der Waals surface area contributed by atoms with Gasteiger partial charge >= 0.3 is 0 Å². The summed E-state index contributed by atoms with van der Waals surface area (Å²) in [4.78, 5) is 12.0. The third-order valence-corrected chi connectivity index (χ3v) is 2.35. The highest BCUT2D eigenvalue weighted by molar-refractivity contribution is 5.93. The SMILES string of the molecule is CCn1nc(C)cc1C(=O)N1CCC=N1. The maximum atomic E-state index is 12.0. The predicted molar refractivity (Wildman–Crippen MR) is 56.8 cm³/mol. The summed E-state index contributed by atoms with van der Waals surface area (Å²) in [6, 6.07) is 1.81. The van der Waals surface area contributed by atoms with E-state index in [0.717, 1.165) is 12.1 Å². The monoisotopic (exact) mass is 206 g/mol. The van der Waals surface area contributed by atoms with Crippen LogP contribution in [-0.2, 0) is 6.54 Å². The van der Waals surface area contributed by atoms with E-state index in [2.05, 4.69) is 10.2 Å². The van der Waals surface area contributed by atoms with Gasteiger partial charge in [0.1, 0.15) is 5.69 Å². The van der Waals surface area contributed by atoms with Gasteiger partial charge in [-0.1, -0.05) is 0 Å². The van der Waals surface area contributed by atoms with Crippen LogP contribution in [0.1, 0.15) is 29.5 Å². The number of hydrogen-bond acceptors (Lipinski definition) is 3. The number of hydrogen-bond donors (Lipinski definition) is 0. The molecule has 5 heteroatoms. The Bertz CT molecular complexity index is 408. The first-order valence-corrected chi connectivity index (χ1v) is 5.11. The van der Waals surface area contributed by atoms with Crippen LogP contribution >= 0.6 is 0 Å². The first-order valence-electron chi connectivity index (χ1n) is 5.11. The van der Waals surface area contributed by atoms with E-state index in [4.69, 9.17) is 0 Å². The van der Waals surface area contributed by atoms with Gasteiger partial charge in [-0.3, -0.25) is 9.48 Å². The van der Waals surface area contributed by atoms with Crippen molar-refractivity contribution in [2.75, 3.05) is 6.54 Å². The highest BCUT2D eigenvalue weighted by Gasteiger charge is 2.21. The lowest BCUT2D eigenvalue weighted by Crippen LogP contribution is -2.26. The number of aromatic nitrogens is 2. The van der Waals surface area contributed by atoms with Crippen LogP contribution in [0.25, 0.3) is 0 Å². The maximum absolute atomic E-state index is 12.0. The number of hydrazone groups is 1. The molecule has 1 aliphatic heterocycles. The third kappa shape index (κ3) is 1.77. The van der Waals surface area contributed by atoms with E-state index in [0.29, 0.717) is 18.8 Å². The van der Waals surface area contributed by atoms with Gasteiger partial charge in [-0.2, -0.15) is 10.2 Å². The van der Waals surface area contributed by atoms with Crippen molar-refractivity contribution in [2.45, 2.75) is 26.8 Å². The Morgan fingerprint density at radius 2 is 2.40 bits per heavy atom. The van der Waals surface area contributed by atoms with Crippen molar-refractivity contribution in [3.05, 3.63) is 17.5 Å². The van der Waals surface area contributed by atoms with Crippen LogP contribution in [0.15, 0.2) is 11.2 Å². The maximum Gasteiger partial charge on any atom is 0.292 e. The molecule has 1 aromatic heterocycles. The molecule has 1 amide bonds. The minimum Gasteiger partial charge on any atom is -0.265 e. The zero-order chi connectivity index (χ0) is 10.8. The summed E-state index contributed by atoms with van der Waals surface area (Å²) in [6.45, 7) is 5.23. The summed E-state index contributed by atoms with van der Waals surface area (Å²) in [5.74, 6) is -0.0637. The zero-order valence-electron chi connectivity index (χ0n) is 8.97. The van der Waals surface area contributed by atoms with Crippen molar-refractivity contribution in [3.8, 4) is 0 Å². The molecule has 0 spiro atoms. The summed E-state index contributed by atoms with van der Waals surface area (Å²) in [5.41, 5.74) is 1.48. The van der Waals surface area contributed by atoms with Gasteiger partial charge in [0.25, 0.3) is 5.91 Å². The number of amides is 1. The molecule has 2 heterocycles. The smallest absolute Gasteiger partial charge is 0.265 e. The highest BCUT2D eigenvalue weighted by Crippen LogP contribution is 2.10. The van der Waals surface area contributed by atoms with E-state index in [1.807, 2.05) is 13.8 Å².